The van der Waals surface area contributed by atoms with Crippen LogP contribution in [0.5, 0.6) is 17.2 Å². The van der Waals surface area contributed by atoms with Crippen molar-refractivity contribution in [3.63, 3.8) is 0 Å². The van der Waals surface area contributed by atoms with Gasteiger partial charge in [0.05, 0.1) is 33.6 Å². The summed E-state index contributed by atoms with van der Waals surface area (Å²) in [4.78, 5) is 13.1. The van der Waals surface area contributed by atoms with Gasteiger partial charge in [0.1, 0.15) is 5.82 Å². The van der Waals surface area contributed by atoms with Gasteiger partial charge in [-0.2, -0.15) is 0 Å². The van der Waals surface area contributed by atoms with E-state index in [1.165, 1.54) is 0 Å². The second-order valence-electron chi connectivity index (χ2n) is 5.89. The molecular formula is C20H23N5O4. The third kappa shape index (κ3) is 4.82. The second kappa shape index (κ2) is 9.56. The van der Waals surface area contributed by atoms with E-state index in [9.17, 15) is 0 Å². The van der Waals surface area contributed by atoms with E-state index in [2.05, 4.69) is 25.6 Å². The van der Waals surface area contributed by atoms with Crippen molar-refractivity contribution < 1.29 is 19.3 Å². The topological polar surface area (TPSA) is 111 Å². The van der Waals surface area contributed by atoms with E-state index in [4.69, 9.17) is 19.3 Å². The average Bonchev–Trinajstić information content (AvgIpc) is 2.77. The summed E-state index contributed by atoms with van der Waals surface area (Å²) in [6.07, 6.45) is 3.38. The number of benzene rings is 1. The summed E-state index contributed by atoms with van der Waals surface area (Å²) in [6.45, 7) is 0.494. The molecule has 1 aromatic carbocycles. The number of rotatable bonds is 9. The van der Waals surface area contributed by atoms with Gasteiger partial charge in [-0.25, -0.2) is 15.0 Å². The number of hydrogen-bond acceptors (Lipinski definition) is 9. The average molecular weight is 397 g/mol. The zero-order valence-corrected chi connectivity index (χ0v) is 16.5. The molecule has 0 spiro atoms. The summed E-state index contributed by atoms with van der Waals surface area (Å²) < 4.78 is 16.1. The van der Waals surface area contributed by atoms with Gasteiger partial charge in [-0.15, -0.1) is 0 Å². The van der Waals surface area contributed by atoms with Crippen LogP contribution in [0.25, 0.3) is 11.3 Å². The number of hydrogen-bond donors (Lipinski definition) is 3. The second-order valence-corrected chi connectivity index (χ2v) is 5.89. The third-order valence-electron chi connectivity index (χ3n) is 4.05. The quantitative estimate of drug-likeness (QED) is 0.502. The van der Waals surface area contributed by atoms with Gasteiger partial charge in [-0.1, -0.05) is 0 Å². The molecule has 9 nitrogen and oxygen atoms in total. The van der Waals surface area contributed by atoms with Gasteiger partial charge in [0, 0.05) is 42.3 Å². The highest BCUT2D eigenvalue weighted by Gasteiger charge is 2.14. The van der Waals surface area contributed by atoms with Crippen LogP contribution in [0.4, 0.5) is 17.5 Å². The maximum absolute atomic E-state index is 8.87. The molecule has 0 fully saturated rings. The van der Waals surface area contributed by atoms with E-state index >= 15 is 0 Å². The number of anilines is 3. The van der Waals surface area contributed by atoms with Crippen molar-refractivity contribution in [2.75, 3.05) is 45.1 Å². The van der Waals surface area contributed by atoms with Crippen molar-refractivity contribution in [2.45, 2.75) is 0 Å². The first-order valence-electron chi connectivity index (χ1n) is 8.89. The minimum absolute atomic E-state index is 0.0469. The Morgan fingerprint density at radius 2 is 1.72 bits per heavy atom. The van der Waals surface area contributed by atoms with Crippen LogP contribution in [0.15, 0.2) is 42.7 Å². The molecule has 0 aliphatic carbocycles. The smallest absolute Gasteiger partial charge is 0.227 e. The lowest BCUT2D eigenvalue weighted by molar-refractivity contribution is 0.311. The fourth-order valence-corrected chi connectivity index (χ4v) is 2.70. The normalized spacial score (nSPS) is 10.3. The maximum Gasteiger partial charge on any atom is 0.227 e. The van der Waals surface area contributed by atoms with Crippen LogP contribution >= 0.6 is 0 Å². The van der Waals surface area contributed by atoms with Gasteiger partial charge >= 0.3 is 0 Å². The number of aromatic nitrogens is 3. The molecule has 2 heterocycles. The zero-order chi connectivity index (χ0) is 20.6. The summed E-state index contributed by atoms with van der Waals surface area (Å²) >= 11 is 0. The minimum Gasteiger partial charge on any atom is -0.493 e. The summed E-state index contributed by atoms with van der Waals surface area (Å²) in [6, 6.07) is 9.09. The standard InChI is InChI=1S/C20H23N5O4/c1-27-16-10-14(11-17(28-2)19(16)29-3)24-20-22-7-6-15(25-20)13-4-5-18(23-12-13)21-8-9-26/h4-7,10-12,26H,8-9H2,1-3H3,(H,21,23)(H,22,24,25). The third-order valence-corrected chi connectivity index (χ3v) is 4.05. The Balaban J connectivity index is 1.83. The highest BCUT2D eigenvalue weighted by molar-refractivity contribution is 5.67. The van der Waals surface area contributed by atoms with E-state index in [1.807, 2.05) is 12.1 Å². The number of methoxy groups -OCH3 is 3. The van der Waals surface area contributed by atoms with Crippen LogP contribution in [0.2, 0.25) is 0 Å². The van der Waals surface area contributed by atoms with Crippen LogP contribution in [-0.2, 0) is 0 Å². The van der Waals surface area contributed by atoms with Crippen molar-refractivity contribution >= 4 is 17.5 Å². The lowest BCUT2D eigenvalue weighted by atomic mass is 10.2. The molecule has 29 heavy (non-hydrogen) atoms. The van der Waals surface area contributed by atoms with Crippen LogP contribution in [0, 0.1) is 0 Å². The Morgan fingerprint density at radius 3 is 2.31 bits per heavy atom. The van der Waals surface area contributed by atoms with E-state index in [1.54, 1.807) is 51.9 Å². The molecule has 0 bridgehead atoms. The van der Waals surface area contributed by atoms with E-state index < -0.39 is 0 Å². The molecular weight excluding hydrogens is 374 g/mol. The van der Waals surface area contributed by atoms with Crippen LogP contribution in [-0.4, -0.2) is 54.5 Å². The molecule has 3 aromatic rings. The van der Waals surface area contributed by atoms with Gasteiger partial charge in [0.2, 0.25) is 11.7 Å². The Bertz CT molecular complexity index is 925. The van der Waals surface area contributed by atoms with Gasteiger partial charge in [-0.05, 0) is 18.2 Å². The van der Waals surface area contributed by atoms with Crippen molar-refractivity contribution in [1.82, 2.24) is 15.0 Å². The Labute approximate surface area is 168 Å². The molecule has 0 atom stereocenters. The fraction of sp³-hybridized carbons (Fsp3) is 0.250. The molecule has 0 amide bonds. The van der Waals surface area contributed by atoms with Crippen molar-refractivity contribution in [2.24, 2.45) is 0 Å². The fourth-order valence-electron chi connectivity index (χ4n) is 2.70. The number of pyridine rings is 1. The first-order chi connectivity index (χ1) is 14.2. The summed E-state index contributed by atoms with van der Waals surface area (Å²) in [5.41, 5.74) is 2.25. The van der Waals surface area contributed by atoms with Crippen molar-refractivity contribution in [3.8, 4) is 28.5 Å². The monoisotopic (exact) mass is 397 g/mol. The Kier molecular flexibility index (Phi) is 6.64. The van der Waals surface area contributed by atoms with Crippen LogP contribution in [0.3, 0.4) is 0 Å². The van der Waals surface area contributed by atoms with E-state index in [-0.39, 0.29) is 6.61 Å². The molecule has 3 rings (SSSR count). The van der Waals surface area contributed by atoms with Crippen LogP contribution < -0.4 is 24.8 Å². The molecule has 0 aliphatic rings. The molecule has 0 saturated carbocycles. The molecule has 3 N–H and O–H groups in total. The van der Waals surface area contributed by atoms with Crippen molar-refractivity contribution in [3.05, 3.63) is 42.7 Å². The lowest BCUT2D eigenvalue weighted by Gasteiger charge is -2.14. The summed E-state index contributed by atoms with van der Waals surface area (Å²) in [5.74, 6) is 2.67. The van der Waals surface area contributed by atoms with Gasteiger partial charge in [-0.3, -0.25) is 0 Å². The Morgan fingerprint density at radius 1 is 0.966 bits per heavy atom. The SMILES string of the molecule is COc1cc(Nc2nccc(-c3ccc(NCCO)nc3)n2)cc(OC)c1OC. The lowest BCUT2D eigenvalue weighted by Crippen LogP contribution is -2.06. The highest BCUT2D eigenvalue weighted by Crippen LogP contribution is 2.40. The number of ether oxygens (including phenoxy) is 3. The van der Waals surface area contributed by atoms with E-state index in [0.717, 1.165) is 11.3 Å². The maximum atomic E-state index is 8.87. The predicted molar refractivity (Wildman–Crippen MR) is 110 cm³/mol. The summed E-state index contributed by atoms with van der Waals surface area (Å²) in [7, 11) is 4.67. The number of nitrogens with zero attached hydrogens (tertiary/aromatic N) is 3. The minimum atomic E-state index is 0.0469. The molecule has 0 saturated heterocycles. The number of nitrogens with one attached hydrogen (secondary N) is 2. The molecule has 0 unspecified atom stereocenters. The van der Waals surface area contributed by atoms with Crippen molar-refractivity contribution in [1.29, 1.82) is 0 Å². The number of aliphatic hydroxyl groups excluding tert-OH is 1. The van der Waals surface area contributed by atoms with E-state index in [0.29, 0.717) is 41.2 Å². The molecule has 9 heteroatoms. The highest BCUT2D eigenvalue weighted by atomic mass is 16.5. The molecule has 0 aliphatic heterocycles. The molecule has 152 valence electrons. The zero-order valence-electron chi connectivity index (χ0n) is 16.5. The summed E-state index contributed by atoms with van der Waals surface area (Å²) in [5, 5.41) is 15.0. The first-order valence-corrected chi connectivity index (χ1v) is 8.89. The van der Waals surface area contributed by atoms with Gasteiger partial charge in [0.15, 0.2) is 11.5 Å². The number of aliphatic hydroxyl groups is 1. The largest absolute Gasteiger partial charge is 0.493 e. The predicted octanol–water partition coefficient (Wildman–Crippen LogP) is 2.71. The Hall–Kier alpha value is -3.59. The molecule has 2 aromatic heterocycles. The van der Waals surface area contributed by atoms with Crippen LogP contribution in [0.1, 0.15) is 0 Å². The van der Waals surface area contributed by atoms with Gasteiger partial charge < -0.3 is 30.0 Å². The molecule has 0 radical (unpaired) electrons. The van der Waals surface area contributed by atoms with Gasteiger partial charge in [0.25, 0.3) is 0 Å². The first kappa shape index (κ1) is 20.2.